The fourth-order valence-corrected chi connectivity index (χ4v) is 1.30. The summed E-state index contributed by atoms with van der Waals surface area (Å²) < 4.78 is 0. The van der Waals surface area contributed by atoms with Crippen LogP contribution in [0.2, 0.25) is 0 Å². The summed E-state index contributed by atoms with van der Waals surface area (Å²) in [5, 5.41) is 0. The monoisotopic (exact) mass is 162 g/mol. The minimum Gasteiger partial charge on any atom is -0.0879 e. The van der Waals surface area contributed by atoms with Crippen LogP contribution in [-0.2, 0) is 0 Å². The van der Waals surface area contributed by atoms with Gasteiger partial charge in [0.1, 0.15) is 0 Å². The Morgan fingerprint density at radius 1 is 0.750 bits per heavy atom. The molecule has 0 fully saturated rings. The van der Waals surface area contributed by atoms with Gasteiger partial charge >= 0.3 is 0 Å². The van der Waals surface area contributed by atoms with Crippen molar-refractivity contribution in [3.05, 3.63) is 35.5 Å². The molecule has 1 aliphatic rings. The van der Waals surface area contributed by atoms with E-state index < -0.39 is 0 Å². The zero-order valence-electron chi connectivity index (χ0n) is 8.14. The molecule has 0 amide bonds. The van der Waals surface area contributed by atoms with Crippen molar-refractivity contribution in [3.63, 3.8) is 0 Å². The summed E-state index contributed by atoms with van der Waals surface area (Å²) in [4.78, 5) is 0. The molecular formula is C12H18. The Labute approximate surface area is 75.7 Å². The van der Waals surface area contributed by atoms with Crippen molar-refractivity contribution in [2.75, 3.05) is 0 Å². The smallest absolute Gasteiger partial charge is 0.0139 e. The molecule has 12 heavy (non-hydrogen) atoms. The van der Waals surface area contributed by atoms with Gasteiger partial charge in [0.15, 0.2) is 0 Å². The Morgan fingerprint density at radius 2 is 1.17 bits per heavy atom. The van der Waals surface area contributed by atoms with E-state index in [0.717, 1.165) is 12.8 Å². The molecule has 1 aliphatic carbocycles. The van der Waals surface area contributed by atoms with Gasteiger partial charge in [0.25, 0.3) is 0 Å². The van der Waals surface area contributed by atoms with Gasteiger partial charge in [-0.25, -0.2) is 0 Å². The highest BCUT2D eigenvalue weighted by Gasteiger charge is 1.94. The lowest BCUT2D eigenvalue weighted by molar-refractivity contribution is 0.999. The number of hydrogen-bond donors (Lipinski definition) is 0. The topological polar surface area (TPSA) is 0 Å². The van der Waals surface area contributed by atoms with Crippen LogP contribution in [-0.4, -0.2) is 0 Å². The predicted octanol–water partition coefficient (Wildman–Crippen LogP) is 4.01. The second kappa shape index (κ2) is 4.97. The van der Waals surface area contributed by atoms with Crippen LogP contribution in [0.5, 0.6) is 0 Å². The minimum absolute atomic E-state index is 1.14. The lowest BCUT2D eigenvalue weighted by Gasteiger charge is -2.03. The third-order valence-corrected chi connectivity index (χ3v) is 2.41. The molecule has 0 heterocycles. The van der Waals surface area contributed by atoms with Gasteiger partial charge < -0.3 is 0 Å². The Morgan fingerprint density at radius 3 is 1.58 bits per heavy atom. The van der Waals surface area contributed by atoms with E-state index in [1.54, 1.807) is 0 Å². The Bertz CT molecular complexity index is 192. The molecule has 0 radical (unpaired) electrons. The van der Waals surface area contributed by atoms with E-state index in [0.29, 0.717) is 0 Å². The van der Waals surface area contributed by atoms with Gasteiger partial charge in [0.2, 0.25) is 0 Å². The highest BCUT2D eigenvalue weighted by Crippen LogP contribution is 2.14. The fraction of sp³-hybridized carbons (Fsp3) is 0.500. The van der Waals surface area contributed by atoms with Gasteiger partial charge in [-0.15, -0.1) is 0 Å². The highest BCUT2D eigenvalue weighted by atomic mass is 14.0. The first kappa shape index (κ1) is 9.31. The maximum absolute atomic E-state index is 2.29. The summed E-state index contributed by atoms with van der Waals surface area (Å²) in [7, 11) is 0. The lowest BCUT2D eigenvalue weighted by atomic mass is 10.0. The van der Waals surface area contributed by atoms with Crippen LogP contribution in [0.3, 0.4) is 0 Å². The first-order valence-corrected chi connectivity index (χ1v) is 4.76. The summed E-state index contributed by atoms with van der Waals surface area (Å²) in [5.74, 6) is 0. The molecule has 0 unspecified atom stereocenters. The largest absolute Gasteiger partial charge is 0.0879 e. The van der Waals surface area contributed by atoms with Crippen LogP contribution >= 0.6 is 0 Å². The highest BCUT2D eigenvalue weighted by molar-refractivity contribution is 5.16. The molecule has 0 nitrogen and oxygen atoms in total. The van der Waals surface area contributed by atoms with Crippen molar-refractivity contribution in [1.29, 1.82) is 0 Å². The zero-order valence-corrected chi connectivity index (χ0v) is 8.14. The van der Waals surface area contributed by atoms with Crippen LogP contribution < -0.4 is 0 Å². The second-order valence-electron chi connectivity index (χ2n) is 3.49. The molecule has 0 saturated carbocycles. The van der Waals surface area contributed by atoms with Gasteiger partial charge in [-0.05, 0) is 39.5 Å². The molecule has 0 atom stereocenters. The Balaban J connectivity index is 2.67. The van der Waals surface area contributed by atoms with Crippen molar-refractivity contribution >= 4 is 0 Å². The van der Waals surface area contributed by atoms with Crippen molar-refractivity contribution in [2.45, 2.75) is 39.5 Å². The van der Waals surface area contributed by atoms with Gasteiger partial charge in [-0.3, -0.25) is 0 Å². The number of rotatable bonds is 0. The van der Waals surface area contributed by atoms with Gasteiger partial charge in [0, 0.05) is 0 Å². The lowest BCUT2D eigenvalue weighted by Crippen LogP contribution is -1.83. The standard InChI is InChI=1S/C12H18/c1-11-9-7-5-3-4-6-8-10-12(11)2/h5-8H,3-4,9-10H2,1-2H3. The summed E-state index contributed by atoms with van der Waals surface area (Å²) in [5.41, 5.74) is 3.05. The average molecular weight is 162 g/mol. The van der Waals surface area contributed by atoms with Crippen LogP contribution in [0.15, 0.2) is 35.5 Å². The SMILES string of the molecule is CC1=C(C)CC=CCCC=CC1. The summed E-state index contributed by atoms with van der Waals surface area (Å²) in [6.45, 7) is 4.46. The Hall–Kier alpha value is -0.780. The number of allylic oxidation sites excluding steroid dienone is 6. The van der Waals surface area contributed by atoms with Crippen molar-refractivity contribution < 1.29 is 0 Å². The summed E-state index contributed by atoms with van der Waals surface area (Å²) in [6.07, 6.45) is 13.8. The first-order chi connectivity index (χ1) is 5.80. The van der Waals surface area contributed by atoms with Crippen LogP contribution in [0.25, 0.3) is 0 Å². The van der Waals surface area contributed by atoms with Crippen LogP contribution in [0.1, 0.15) is 39.5 Å². The zero-order chi connectivity index (χ0) is 8.81. The molecular weight excluding hydrogens is 144 g/mol. The molecule has 0 spiro atoms. The maximum Gasteiger partial charge on any atom is -0.0139 e. The van der Waals surface area contributed by atoms with Crippen molar-refractivity contribution in [3.8, 4) is 0 Å². The fourth-order valence-electron chi connectivity index (χ4n) is 1.30. The molecule has 0 aromatic heterocycles. The summed E-state index contributed by atoms with van der Waals surface area (Å²) in [6, 6.07) is 0. The van der Waals surface area contributed by atoms with E-state index in [1.807, 2.05) is 0 Å². The van der Waals surface area contributed by atoms with Crippen LogP contribution in [0, 0.1) is 0 Å². The number of hydrogen-bond acceptors (Lipinski definition) is 0. The minimum atomic E-state index is 1.14. The second-order valence-corrected chi connectivity index (χ2v) is 3.49. The van der Waals surface area contributed by atoms with Gasteiger partial charge in [-0.1, -0.05) is 35.5 Å². The first-order valence-electron chi connectivity index (χ1n) is 4.76. The molecule has 0 aromatic rings. The van der Waals surface area contributed by atoms with Gasteiger partial charge in [-0.2, -0.15) is 0 Å². The van der Waals surface area contributed by atoms with E-state index in [2.05, 4.69) is 38.2 Å². The molecule has 0 aliphatic heterocycles. The van der Waals surface area contributed by atoms with E-state index in [1.165, 1.54) is 24.0 Å². The molecule has 1 rings (SSSR count). The van der Waals surface area contributed by atoms with Crippen molar-refractivity contribution in [2.24, 2.45) is 0 Å². The van der Waals surface area contributed by atoms with Crippen LogP contribution in [0.4, 0.5) is 0 Å². The van der Waals surface area contributed by atoms with E-state index in [-0.39, 0.29) is 0 Å². The Kier molecular flexibility index (Phi) is 3.86. The quantitative estimate of drug-likeness (QED) is 0.472. The predicted molar refractivity (Wildman–Crippen MR) is 55.1 cm³/mol. The summed E-state index contributed by atoms with van der Waals surface area (Å²) >= 11 is 0. The molecule has 0 N–H and O–H groups in total. The molecule has 0 bridgehead atoms. The molecule has 0 saturated heterocycles. The maximum atomic E-state index is 2.29. The van der Waals surface area contributed by atoms with E-state index in [4.69, 9.17) is 0 Å². The molecule has 66 valence electrons. The average Bonchev–Trinajstić information content (AvgIpc) is 2.08. The van der Waals surface area contributed by atoms with Crippen molar-refractivity contribution in [1.82, 2.24) is 0 Å². The van der Waals surface area contributed by atoms with E-state index in [9.17, 15) is 0 Å². The third-order valence-electron chi connectivity index (χ3n) is 2.41. The normalized spacial score (nSPS) is 19.8. The molecule has 0 aromatic carbocycles. The third kappa shape index (κ3) is 3.08. The van der Waals surface area contributed by atoms with Gasteiger partial charge in [0.05, 0.1) is 0 Å². The van der Waals surface area contributed by atoms with E-state index >= 15 is 0 Å². The molecule has 0 heteroatoms.